The molecule has 0 saturated carbocycles. The van der Waals surface area contributed by atoms with Crippen LogP contribution in [-0.2, 0) is 0 Å². The van der Waals surface area contributed by atoms with Crippen LogP contribution in [0.15, 0.2) is 24.3 Å². The second-order valence-electron chi connectivity index (χ2n) is 4.96. The average molecular weight is 259 g/mol. The van der Waals surface area contributed by atoms with E-state index >= 15 is 0 Å². The van der Waals surface area contributed by atoms with Crippen LogP contribution >= 0.6 is 0 Å². The van der Waals surface area contributed by atoms with Crippen molar-refractivity contribution in [2.24, 2.45) is 0 Å². The molecule has 3 N–H and O–H groups in total. The van der Waals surface area contributed by atoms with Gasteiger partial charge in [-0.3, -0.25) is 4.79 Å². The number of nitrogens with one attached hydrogen (secondary N) is 1. The van der Waals surface area contributed by atoms with Gasteiger partial charge >= 0.3 is 0 Å². The molecule has 4 nitrogen and oxygen atoms in total. The maximum atomic E-state index is 12.3. The number of unbranched alkanes of at least 4 members (excludes halogenated alkanes) is 2. The Morgan fingerprint density at radius 3 is 2.84 bits per heavy atom. The smallest absolute Gasteiger partial charge is 0.270 e. The fraction of sp³-hybridized carbons (Fsp3) is 0.400. The number of fused-ring (bicyclic) bond motifs is 1. The van der Waals surface area contributed by atoms with Crippen molar-refractivity contribution in [3.63, 3.8) is 0 Å². The molecule has 2 rings (SSSR count). The first kappa shape index (κ1) is 13.5. The van der Waals surface area contributed by atoms with Gasteiger partial charge in [-0.2, -0.15) is 0 Å². The van der Waals surface area contributed by atoms with Gasteiger partial charge in [-0.05, 0) is 30.7 Å². The summed E-state index contributed by atoms with van der Waals surface area (Å²) in [5.74, 6) is 0.0332. The van der Waals surface area contributed by atoms with E-state index in [1.54, 1.807) is 4.90 Å². The summed E-state index contributed by atoms with van der Waals surface area (Å²) < 4.78 is 0. The minimum absolute atomic E-state index is 0.0332. The van der Waals surface area contributed by atoms with Gasteiger partial charge < -0.3 is 15.6 Å². The van der Waals surface area contributed by atoms with E-state index in [4.69, 9.17) is 5.73 Å². The maximum absolute atomic E-state index is 12.3. The Kier molecular flexibility index (Phi) is 4.10. The molecule has 0 aliphatic heterocycles. The molecule has 1 aromatic carbocycles. The predicted molar refractivity (Wildman–Crippen MR) is 79.2 cm³/mol. The Bertz CT molecular complexity index is 574. The molecular formula is C15H21N3O. The summed E-state index contributed by atoms with van der Waals surface area (Å²) in [6.45, 7) is 2.95. The molecule has 19 heavy (non-hydrogen) atoms. The van der Waals surface area contributed by atoms with Gasteiger partial charge in [0.2, 0.25) is 0 Å². The number of carbonyl (C=O) groups excluding carboxylic acids is 1. The number of aromatic nitrogens is 1. The Morgan fingerprint density at radius 2 is 2.11 bits per heavy atom. The SMILES string of the molecule is CCCCCN(C)C(=O)c1cc2cc(N)ccc2[nH]1. The van der Waals surface area contributed by atoms with Crippen molar-refractivity contribution in [2.75, 3.05) is 19.3 Å². The molecule has 1 aromatic heterocycles. The summed E-state index contributed by atoms with van der Waals surface area (Å²) in [6, 6.07) is 7.47. The number of nitrogens with two attached hydrogens (primary N) is 1. The second kappa shape index (κ2) is 5.78. The van der Waals surface area contributed by atoms with Crippen LogP contribution < -0.4 is 5.73 Å². The first-order valence-corrected chi connectivity index (χ1v) is 6.75. The number of carbonyl (C=O) groups is 1. The van der Waals surface area contributed by atoms with Gasteiger partial charge in [0.1, 0.15) is 5.69 Å². The van der Waals surface area contributed by atoms with E-state index in [1.807, 2.05) is 31.3 Å². The molecule has 0 spiro atoms. The number of hydrogen-bond donors (Lipinski definition) is 2. The van der Waals surface area contributed by atoms with Crippen LogP contribution in [0.4, 0.5) is 5.69 Å². The van der Waals surface area contributed by atoms with Crippen molar-refractivity contribution in [2.45, 2.75) is 26.2 Å². The highest BCUT2D eigenvalue weighted by Gasteiger charge is 2.13. The molecule has 1 heterocycles. The van der Waals surface area contributed by atoms with Gasteiger partial charge in [-0.25, -0.2) is 0 Å². The van der Waals surface area contributed by atoms with Crippen LogP contribution in [0.5, 0.6) is 0 Å². The van der Waals surface area contributed by atoms with E-state index in [0.29, 0.717) is 11.4 Å². The molecule has 102 valence electrons. The number of nitrogen functional groups attached to an aromatic ring is 1. The number of aromatic amines is 1. The van der Waals surface area contributed by atoms with Gasteiger partial charge in [-0.15, -0.1) is 0 Å². The molecule has 0 aliphatic rings. The Morgan fingerprint density at radius 1 is 1.32 bits per heavy atom. The molecule has 0 bridgehead atoms. The summed E-state index contributed by atoms with van der Waals surface area (Å²) in [5, 5.41) is 0.977. The van der Waals surface area contributed by atoms with E-state index in [0.717, 1.165) is 36.7 Å². The lowest BCUT2D eigenvalue weighted by Crippen LogP contribution is -2.27. The van der Waals surface area contributed by atoms with E-state index in [-0.39, 0.29) is 5.91 Å². The highest BCUT2D eigenvalue weighted by atomic mass is 16.2. The number of anilines is 1. The van der Waals surface area contributed by atoms with Gasteiger partial charge in [-0.1, -0.05) is 19.8 Å². The van der Waals surface area contributed by atoms with Crippen molar-refractivity contribution in [1.82, 2.24) is 9.88 Å². The van der Waals surface area contributed by atoms with Crippen LogP contribution in [0.25, 0.3) is 10.9 Å². The zero-order chi connectivity index (χ0) is 13.8. The fourth-order valence-electron chi connectivity index (χ4n) is 2.17. The Hall–Kier alpha value is -1.97. The zero-order valence-electron chi connectivity index (χ0n) is 11.6. The molecule has 0 atom stereocenters. The third kappa shape index (κ3) is 3.08. The first-order valence-electron chi connectivity index (χ1n) is 6.75. The Labute approximate surface area is 113 Å². The normalized spacial score (nSPS) is 10.8. The zero-order valence-corrected chi connectivity index (χ0v) is 11.6. The molecular weight excluding hydrogens is 238 g/mol. The lowest BCUT2D eigenvalue weighted by molar-refractivity contribution is 0.0788. The number of H-pyrrole nitrogens is 1. The molecule has 0 fully saturated rings. The molecule has 1 amide bonds. The molecule has 4 heteroatoms. The first-order chi connectivity index (χ1) is 9.11. The van der Waals surface area contributed by atoms with Crippen LogP contribution in [0.2, 0.25) is 0 Å². The number of benzene rings is 1. The molecule has 0 saturated heterocycles. The van der Waals surface area contributed by atoms with Crippen molar-refractivity contribution in [3.8, 4) is 0 Å². The van der Waals surface area contributed by atoms with E-state index in [9.17, 15) is 4.79 Å². The summed E-state index contributed by atoms with van der Waals surface area (Å²) in [7, 11) is 1.85. The average Bonchev–Trinajstić information content (AvgIpc) is 2.80. The topological polar surface area (TPSA) is 62.1 Å². The molecule has 0 aliphatic carbocycles. The summed E-state index contributed by atoms with van der Waals surface area (Å²) >= 11 is 0. The van der Waals surface area contributed by atoms with E-state index in [2.05, 4.69) is 11.9 Å². The number of amides is 1. The number of rotatable bonds is 5. The van der Waals surface area contributed by atoms with Crippen LogP contribution in [-0.4, -0.2) is 29.4 Å². The van der Waals surface area contributed by atoms with Crippen molar-refractivity contribution in [1.29, 1.82) is 0 Å². The van der Waals surface area contributed by atoms with Crippen LogP contribution in [0.1, 0.15) is 36.7 Å². The lowest BCUT2D eigenvalue weighted by atomic mass is 10.2. The van der Waals surface area contributed by atoms with E-state index in [1.165, 1.54) is 0 Å². The van der Waals surface area contributed by atoms with Crippen molar-refractivity contribution in [3.05, 3.63) is 30.0 Å². The molecule has 0 unspecified atom stereocenters. The predicted octanol–water partition coefficient (Wildman–Crippen LogP) is 3.01. The van der Waals surface area contributed by atoms with Crippen LogP contribution in [0, 0.1) is 0 Å². The minimum Gasteiger partial charge on any atom is -0.399 e. The second-order valence-corrected chi connectivity index (χ2v) is 4.96. The highest BCUT2D eigenvalue weighted by Crippen LogP contribution is 2.19. The monoisotopic (exact) mass is 259 g/mol. The Balaban J connectivity index is 2.12. The van der Waals surface area contributed by atoms with Gasteiger partial charge in [0.25, 0.3) is 5.91 Å². The van der Waals surface area contributed by atoms with Gasteiger partial charge in [0.05, 0.1) is 0 Å². The number of hydrogen-bond acceptors (Lipinski definition) is 2. The van der Waals surface area contributed by atoms with Crippen molar-refractivity contribution >= 4 is 22.5 Å². The quantitative estimate of drug-likeness (QED) is 0.640. The van der Waals surface area contributed by atoms with Gasteiger partial charge in [0, 0.05) is 30.2 Å². The van der Waals surface area contributed by atoms with E-state index < -0.39 is 0 Å². The summed E-state index contributed by atoms with van der Waals surface area (Å²) in [4.78, 5) is 17.2. The third-order valence-corrected chi connectivity index (χ3v) is 3.32. The van der Waals surface area contributed by atoms with Crippen LogP contribution in [0.3, 0.4) is 0 Å². The fourth-order valence-corrected chi connectivity index (χ4v) is 2.17. The molecule has 0 radical (unpaired) electrons. The van der Waals surface area contributed by atoms with Gasteiger partial charge in [0.15, 0.2) is 0 Å². The molecule has 2 aromatic rings. The maximum Gasteiger partial charge on any atom is 0.270 e. The van der Waals surface area contributed by atoms with Crippen molar-refractivity contribution < 1.29 is 4.79 Å². The summed E-state index contributed by atoms with van der Waals surface area (Å²) in [6.07, 6.45) is 3.36. The number of nitrogens with zero attached hydrogens (tertiary/aromatic N) is 1. The third-order valence-electron chi connectivity index (χ3n) is 3.32. The highest BCUT2D eigenvalue weighted by molar-refractivity contribution is 5.98. The summed E-state index contributed by atoms with van der Waals surface area (Å²) in [5.41, 5.74) is 8.02. The lowest BCUT2D eigenvalue weighted by Gasteiger charge is -2.15. The minimum atomic E-state index is 0.0332. The standard InChI is InChI=1S/C15H21N3O/c1-3-4-5-8-18(2)15(19)14-10-11-9-12(16)6-7-13(11)17-14/h6-7,9-10,17H,3-5,8,16H2,1-2H3. The largest absolute Gasteiger partial charge is 0.399 e.